The van der Waals surface area contributed by atoms with Crippen molar-refractivity contribution < 1.29 is 8.60 Å². The Balaban J connectivity index is 1.35. The summed E-state index contributed by atoms with van der Waals surface area (Å²) in [6.07, 6.45) is 9.66. The summed E-state index contributed by atoms with van der Waals surface area (Å²) >= 11 is 0. The first-order valence-electron chi connectivity index (χ1n) is 13.7. The van der Waals surface area contributed by atoms with E-state index in [1.165, 1.54) is 12.1 Å². The second-order valence-electron chi connectivity index (χ2n) is 11.6. The molecular formula is C30H32FN7OS. The summed E-state index contributed by atoms with van der Waals surface area (Å²) in [5, 5.41) is 4.82. The molecule has 8 nitrogen and oxygen atoms in total. The first-order chi connectivity index (χ1) is 19.3. The molecule has 5 heterocycles. The van der Waals surface area contributed by atoms with E-state index in [0.717, 1.165) is 64.3 Å². The lowest BCUT2D eigenvalue weighted by Crippen LogP contribution is -2.66. The number of hydrazone groups is 1. The molecule has 4 aromatic rings. The molecule has 1 N–H and O–H groups in total. The minimum atomic E-state index is -0.799. The predicted molar refractivity (Wildman–Crippen MR) is 156 cm³/mol. The van der Waals surface area contributed by atoms with Crippen LogP contribution in [0.25, 0.3) is 22.8 Å². The number of amidine groups is 1. The Morgan fingerprint density at radius 3 is 2.65 bits per heavy atom. The van der Waals surface area contributed by atoms with E-state index in [1.807, 2.05) is 36.4 Å². The lowest BCUT2D eigenvalue weighted by molar-refractivity contribution is 0.103. The van der Waals surface area contributed by atoms with Gasteiger partial charge in [0.05, 0.1) is 41.6 Å². The van der Waals surface area contributed by atoms with E-state index in [0.29, 0.717) is 18.1 Å². The van der Waals surface area contributed by atoms with Gasteiger partial charge >= 0.3 is 0 Å². The Bertz CT molecular complexity index is 1710. The maximum absolute atomic E-state index is 13.8. The van der Waals surface area contributed by atoms with Crippen LogP contribution in [0, 0.1) is 11.2 Å². The van der Waals surface area contributed by atoms with Crippen LogP contribution in [-0.2, 0) is 29.8 Å². The number of benzene rings is 2. The highest BCUT2D eigenvalue weighted by molar-refractivity contribution is 7.86. The molecule has 1 spiro atoms. The van der Waals surface area contributed by atoms with Crippen LogP contribution in [0.15, 0.2) is 65.9 Å². The Labute approximate surface area is 235 Å². The number of piperidine rings is 1. The second kappa shape index (κ2) is 9.12. The summed E-state index contributed by atoms with van der Waals surface area (Å²) in [5.41, 5.74) is 9.92. The van der Waals surface area contributed by atoms with Gasteiger partial charge in [-0.15, -0.1) is 0 Å². The van der Waals surface area contributed by atoms with Gasteiger partial charge in [0.1, 0.15) is 11.3 Å². The standard InChI is InChI=1S/C30H32FN7OS/c1-4-24-13-37(19-32-24)25-10-5-20(27-26(25)33-18-36(27)3)11-21-12-30(16-40(39)17-30)15-38-28(21)35-34-14-29(38,2)22-6-8-23(31)9-7-22/h5-11,13,18-19,34H,4,12,14-17H2,1-3H3/b21-11+. The van der Waals surface area contributed by atoms with E-state index in [9.17, 15) is 8.60 Å². The van der Waals surface area contributed by atoms with Crippen LogP contribution in [0.2, 0.25) is 0 Å². The molecule has 2 aromatic carbocycles. The van der Waals surface area contributed by atoms with Crippen LogP contribution in [0.3, 0.4) is 0 Å². The zero-order chi connectivity index (χ0) is 27.6. The summed E-state index contributed by atoms with van der Waals surface area (Å²) in [5.74, 6) is 2.01. The molecule has 10 heteroatoms. The number of hydrogen-bond acceptors (Lipinski definition) is 6. The molecule has 2 saturated heterocycles. The third-order valence-corrected chi connectivity index (χ3v) is 10.6. The van der Waals surface area contributed by atoms with E-state index in [-0.39, 0.29) is 11.2 Å². The SMILES string of the molecule is CCc1cn(-c2ccc(/C=C3\CC4(CN5C3=NNCC5(C)c3ccc(F)cc3)CS(=O)C4)c3c2ncn3C)cn1. The Morgan fingerprint density at radius 1 is 1.12 bits per heavy atom. The number of aromatic nitrogens is 4. The van der Waals surface area contributed by atoms with Crippen molar-refractivity contribution in [3.8, 4) is 5.69 Å². The molecule has 0 saturated carbocycles. The molecule has 3 aliphatic rings. The van der Waals surface area contributed by atoms with E-state index < -0.39 is 16.3 Å². The lowest BCUT2D eigenvalue weighted by Gasteiger charge is -2.56. The van der Waals surface area contributed by atoms with E-state index in [4.69, 9.17) is 10.1 Å². The molecule has 0 radical (unpaired) electrons. The molecule has 3 aliphatic heterocycles. The van der Waals surface area contributed by atoms with Crippen LogP contribution in [-0.4, -0.2) is 58.6 Å². The molecular weight excluding hydrogens is 525 g/mol. The van der Waals surface area contributed by atoms with Crippen LogP contribution in [0.1, 0.15) is 37.1 Å². The second-order valence-corrected chi connectivity index (χ2v) is 13.0. The van der Waals surface area contributed by atoms with Crippen LogP contribution in [0.5, 0.6) is 0 Å². The Kier molecular flexibility index (Phi) is 5.75. The largest absolute Gasteiger partial charge is 0.343 e. The van der Waals surface area contributed by atoms with Crippen molar-refractivity contribution >= 4 is 33.7 Å². The molecule has 0 aliphatic carbocycles. The van der Waals surface area contributed by atoms with Crippen molar-refractivity contribution in [1.29, 1.82) is 0 Å². The third-order valence-electron chi connectivity index (χ3n) is 8.69. The van der Waals surface area contributed by atoms with Crippen molar-refractivity contribution in [2.45, 2.75) is 32.2 Å². The third kappa shape index (κ3) is 3.91. The topological polar surface area (TPSA) is 80.3 Å². The fourth-order valence-corrected chi connectivity index (χ4v) is 8.19. The Morgan fingerprint density at radius 2 is 1.93 bits per heavy atom. The highest BCUT2D eigenvalue weighted by atomic mass is 32.2. The van der Waals surface area contributed by atoms with Gasteiger partial charge in [-0.1, -0.05) is 25.1 Å². The molecule has 1 unspecified atom stereocenters. The van der Waals surface area contributed by atoms with Gasteiger partial charge in [0.15, 0.2) is 5.84 Å². The number of aryl methyl sites for hydroxylation is 2. The van der Waals surface area contributed by atoms with E-state index in [1.54, 1.807) is 0 Å². The van der Waals surface area contributed by atoms with Gasteiger partial charge in [-0.2, -0.15) is 5.10 Å². The zero-order valence-corrected chi connectivity index (χ0v) is 23.7. The van der Waals surface area contributed by atoms with Crippen LogP contribution < -0.4 is 5.43 Å². The van der Waals surface area contributed by atoms with Crippen molar-refractivity contribution in [2.75, 3.05) is 24.6 Å². The highest BCUT2D eigenvalue weighted by Crippen LogP contribution is 2.47. The average molecular weight is 558 g/mol. The number of rotatable bonds is 4. The number of hydrogen-bond donors (Lipinski definition) is 1. The number of fused-ring (bicyclic) bond motifs is 2. The molecule has 40 heavy (non-hydrogen) atoms. The molecule has 2 aromatic heterocycles. The normalized spacial score (nSPS) is 27.0. The van der Waals surface area contributed by atoms with E-state index >= 15 is 0 Å². The van der Waals surface area contributed by atoms with Crippen molar-refractivity contribution in [2.24, 2.45) is 17.6 Å². The minimum absolute atomic E-state index is 0.0762. The Hall–Kier alpha value is -3.79. The van der Waals surface area contributed by atoms with Gasteiger partial charge in [-0.05, 0) is 55.2 Å². The lowest BCUT2D eigenvalue weighted by atomic mass is 9.75. The molecule has 0 bridgehead atoms. The average Bonchev–Trinajstić information content (AvgIpc) is 3.56. The van der Waals surface area contributed by atoms with Crippen molar-refractivity contribution in [3.63, 3.8) is 0 Å². The number of nitrogens with zero attached hydrogens (tertiary/aromatic N) is 6. The summed E-state index contributed by atoms with van der Waals surface area (Å²) in [4.78, 5) is 11.6. The van der Waals surface area contributed by atoms with Crippen molar-refractivity contribution in [3.05, 3.63) is 83.5 Å². The summed E-state index contributed by atoms with van der Waals surface area (Å²) < 4.78 is 30.3. The maximum atomic E-state index is 13.8. The minimum Gasteiger partial charge on any atom is -0.343 e. The summed E-state index contributed by atoms with van der Waals surface area (Å²) in [7, 11) is 1.22. The van der Waals surface area contributed by atoms with Gasteiger partial charge in [0, 0.05) is 53.1 Å². The van der Waals surface area contributed by atoms with E-state index in [2.05, 4.69) is 58.1 Å². The number of nitrogens with one attached hydrogen (secondary N) is 1. The van der Waals surface area contributed by atoms with Crippen molar-refractivity contribution in [1.82, 2.24) is 29.4 Å². The highest BCUT2D eigenvalue weighted by Gasteiger charge is 2.53. The van der Waals surface area contributed by atoms with Gasteiger partial charge < -0.3 is 19.5 Å². The zero-order valence-electron chi connectivity index (χ0n) is 22.9. The monoisotopic (exact) mass is 557 g/mol. The summed E-state index contributed by atoms with van der Waals surface area (Å²) in [6.45, 7) is 5.64. The smallest absolute Gasteiger partial charge is 0.152 e. The number of halogens is 1. The fourth-order valence-electron chi connectivity index (χ4n) is 6.52. The first kappa shape index (κ1) is 25.2. The van der Waals surface area contributed by atoms with Crippen LogP contribution >= 0.6 is 0 Å². The molecule has 2 fully saturated rings. The predicted octanol–water partition coefficient (Wildman–Crippen LogP) is 4.13. The maximum Gasteiger partial charge on any atom is 0.152 e. The van der Waals surface area contributed by atoms with Gasteiger partial charge in [0.2, 0.25) is 0 Å². The summed E-state index contributed by atoms with van der Waals surface area (Å²) in [6, 6.07) is 11.0. The molecule has 0 amide bonds. The molecule has 7 rings (SSSR count). The van der Waals surface area contributed by atoms with Gasteiger partial charge in [0.25, 0.3) is 0 Å². The quantitative estimate of drug-likeness (QED) is 0.408. The fraction of sp³-hybridized carbons (Fsp3) is 0.367. The van der Waals surface area contributed by atoms with Crippen LogP contribution in [0.4, 0.5) is 4.39 Å². The molecule has 1 atom stereocenters. The number of imidazole rings is 2. The first-order valence-corrected chi connectivity index (χ1v) is 15.1. The van der Waals surface area contributed by atoms with Gasteiger partial charge in [-0.25, -0.2) is 14.4 Å². The van der Waals surface area contributed by atoms with Gasteiger partial charge in [-0.3, -0.25) is 4.21 Å². The molecule has 206 valence electrons.